The van der Waals surface area contributed by atoms with Gasteiger partial charge in [-0.3, -0.25) is 14.0 Å². The van der Waals surface area contributed by atoms with Crippen molar-refractivity contribution in [3.8, 4) is 0 Å². The molecule has 2 amide bonds. The highest BCUT2D eigenvalue weighted by Crippen LogP contribution is 2.19. The fraction of sp³-hybridized carbons (Fsp3) is 0.389. The number of pyridine rings is 1. The molecule has 0 radical (unpaired) electrons. The SMILES string of the molecule is O=C(/C=C/c1c(Cl)nc2ccccn12)NCC(=O)NC1CCCCC1. The summed E-state index contributed by atoms with van der Waals surface area (Å²) >= 11 is 6.11. The number of aromatic nitrogens is 2. The van der Waals surface area contributed by atoms with Gasteiger partial charge < -0.3 is 10.6 Å². The molecular formula is C18H21ClN4O2. The van der Waals surface area contributed by atoms with Gasteiger partial charge in [-0.2, -0.15) is 0 Å². The largest absolute Gasteiger partial charge is 0.352 e. The molecule has 1 aliphatic rings. The Balaban J connectivity index is 1.52. The number of carbonyl (C=O) groups is 2. The fourth-order valence-electron chi connectivity index (χ4n) is 3.04. The number of rotatable bonds is 5. The molecule has 0 spiro atoms. The number of hydrogen-bond donors (Lipinski definition) is 2. The minimum absolute atomic E-state index is 0.0272. The Bertz CT molecular complexity index is 793. The van der Waals surface area contributed by atoms with Crippen molar-refractivity contribution < 1.29 is 9.59 Å². The number of hydrogen-bond acceptors (Lipinski definition) is 3. The first-order chi connectivity index (χ1) is 12.1. The van der Waals surface area contributed by atoms with E-state index in [0.717, 1.165) is 25.7 Å². The van der Waals surface area contributed by atoms with E-state index < -0.39 is 0 Å². The van der Waals surface area contributed by atoms with E-state index in [4.69, 9.17) is 11.6 Å². The summed E-state index contributed by atoms with van der Waals surface area (Å²) in [4.78, 5) is 28.0. The molecule has 0 saturated heterocycles. The van der Waals surface area contributed by atoms with Crippen LogP contribution in [0.4, 0.5) is 0 Å². The van der Waals surface area contributed by atoms with E-state index in [1.807, 2.05) is 24.4 Å². The number of fused-ring (bicyclic) bond motifs is 1. The number of nitrogens with one attached hydrogen (secondary N) is 2. The van der Waals surface area contributed by atoms with Gasteiger partial charge in [-0.05, 0) is 31.1 Å². The molecule has 3 rings (SSSR count). The van der Waals surface area contributed by atoms with Gasteiger partial charge in [-0.25, -0.2) is 4.98 Å². The highest BCUT2D eigenvalue weighted by atomic mass is 35.5. The molecule has 0 bridgehead atoms. The van der Waals surface area contributed by atoms with Crippen molar-refractivity contribution in [1.29, 1.82) is 0 Å². The Hall–Kier alpha value is -2.34. The molecule has 1 aliphatic carbocycles. The maximum atomic E-state index is 11.9. The van der Waals surface area contributed by atoms with E-state index in [1.54, 1.807) is 10.5 Å². The van der Waals surface area contributed by atoms with Crippen molar-refractivity contribution in [3.63, 3.8) is 0 Å². The quantitative estimate of drug-likeness (QED) is 0.805. The third-order valence-electron chi connectivity index (χ3n) is 4.31. The molecule has 2 aromatic heterocycles. The highest BCUT2D eigenvalue weighted by molar-refractivity contribution is 6.31. The average molecular weight is 361 g/mol. The Kier molecular flexibility index (Phi) is 5.71. The zero-order valence-electron chi connectivity index (χ0n) is 13.9. The molecule has 0 aliphatic heterocycles. The van der Waals surface area contributed by atoms with Gasteiger partial charge in [0, 0.05) is 18.3 Å². The van der Waals surface area contributed by atoms with E-state index in [9.17, 15) is 9.59 Å². The Morgan fingerprint density at radius 2 is 2.08 bits per heavy atom. The first-order valence-electron chi connectivity index (χ1n) is 8.51. The van der Waals surface area contributed by atoms with Crippen LogP contribution in [0.15, 0.2) is 30.5 Å². The number of carbonyl (C=O) groups excluding carboxylic acids is 2. The molecule has 7 heteroatoms. The van der Waals surface area contributed by atoms with Crippen LogP contribution >= 0.6 is 11.6 Å². The Labute approximate surface area is 151 Å². The molecule has 1 fully saturated rings. The lowest BCUT2D eigenvalue weighted by Gasteiger charge is -2.22. The topological polar surface area (TPSA) is 75.5 Å². The van der Waals surface area contributed by atoms with Crippen molar-refractivity contribution >= 4 is 35.1 Å². The maximum Gasteiger partial charge on any atom is 0.244 e. The zero-order chi connectivity index (χ0) is 17.6. The molecule has 1 saturated carbocycles. The number of amides is 2. The molecule has 0 atom stereocenters. The summed E-state index contributed by atoms with van der Waals surface area (Å²) in [6.07, 6.45) is 10.4. The third-order valence-corrected chi connectivity index (χ3v) is 4.59. The van der Waals surface area contributed by atoms with Crippen LogP contribution < -0.4 is 10.6 Å². The number of halogens is 1. The zero-order valence-corrected chi connectivity index (χ0v) is 14.6. The van der Waals surface area contributed by atoms with Crippen LogP contribution in [0.3, 0.4) is 0 Å². The maximum absolute atomic E-state index is 11.9. The lowest BCUT2D eigenvalue weighted by molar-refractivity contribution is -0.124. The molecule has 0 aromatic carbocycles. The van der Waals surface area contributed by atoms with E-state index in [0.29, 0.717) is 16.5 Å². The molecule has 2 N–H and O–H groups in total. The first kappa shape index (κ1) is 17.5. The predicted octanol–water partition coefficient (Wildman–Crippen LogP) is 2.57. The van der Waals surface area contributed by atoms with Gasteiger partial charge >= 0.3 is 0 Å². The van der Waals surface area contributed by atoms with E-state index in [2.05, 4.69) is 15.6 Å². The summed E-state index contributed by atoms with van der Waals surface area (Å²) in [6.45, 7) is -0.0272. The lowest BCUT2D eigenvalue weighted by Crippen LogP contribution is -2.42. The molecule has 0 unspecified atom stereocenters. The van der Waals surface area contributed by atoms with E-state index in [1.165, 1.54) is 12.5 Å². The minimum atomic E-state index is -0.347. The summed E-state index contributed by atoms with van der Waals surface area (Å²) < 4.78 is 1.79. The van der Waals surface area contributed by atoms with Crippen LogP contribution in [0, 0.1) is 0 Å². The Morgan fingerprint density at radius 1 is 1.28 bits per heavy atom. The summed E-state index contributed by atoms with van der Waals surface area (Å²) in [5, 5.41) is 5.88. The Morgan fingerprint density at radius 3 is 2.88 bits per heavy atom. The van der Waals surface area contributed by atoms with Crippen molar-refractivity contribution in [2.24, 2.45) is 0 Å². The lowest BCUT2D eigenvalue weighted by atomic mass is 9.95. The van der Waals surface area contributed by atoms with Crippen molar-refractivity contribution in [2.45, 2.75) is 38.1 Å². The first-order valence-corrected chi connectivity index (χ1v) is 8.89. The molecular weight excluding hydrogens is 340 g/mol. The summed E-state index contributed by atoms with van der Waals surface area (Å²) in [5.74, 6) is -0.498. The average Bonchev–Trinajstić information content (AvgIpc) is 2.94. The van der Waals surface area contributed by atoms with Crippen LogP contribution in [0.2, 0.25) is 5.15 Å². The summed E-state index contributed by atoms with van der Waals surface area (Å²) in [7, 11) is 0. The van der Waals surface area contributed by atoms with Gasteiger partial charge in [-0.1, -0.05) is 36.9 Å². The number of imidazole rings is 1. The van der Waals surface area contributed by atoms with Gasteiger partial charge in [0.2, 0.25) is 11.8 Å². The summed E-state index contributed by atoms with van der Waals surface area (Å²) in [5.41, 5.74) is 1.33. The van der Waals surface area contributed by atoms with Gasteiger partial charge in [0.05, 0.1) is 12.2 Å². The molecule has 132 valence electrons. The highest BCUT2D eigenvalue weighted by Gasteiger charge is 2.15. The second-order valence-electron chi connectivity index (χ2n) is 6.17. The molecule has 2 heterocycles. The van der Waals surface area contributed by atoms with E-state index >= 15 is 0 Å². The smallest absolute Gasteiger partial charge is 0.244 e. The van der Waals surface area contributed by atoms with Gasteiger partial charge in [-0.15, -0.1) is 0 Å². The second-order valence-corrected chi connectivity index (χ2v) is 6.53. The standard InChI is InChI=1S/C18H21ClN4O2/c19-18-14(23-11-5-4-8-15(23)22-18)9-10-16(24)20-12-17(25)21-13-6-2-1-3-7-13/h4-5,8-11,13H,1-3,6-7,12H2,(H,20,24)(H,21,25)/b10-9+. The van der Waals surface area contributed by atoms with Crippen LogP contribution in [0.1, 0.15) is 37.8 Å². The fourth-order valence-corrected chi connectivity index (χ4v) is 3.28. The van der Waals surface area contributed by atoms with Crippen molar-refractivity contribution in [3.05, 3.63) is 41.3 Å². The third kappa shape index (κ3) is 4.60. The van der Waals surface area contributed by atoms with E-state index in [-0.39, 0.29) is 24.4 Å². The summed E-state index contributed by atoms with van der Waals surface area (Å²) in [6, 6.07) is 5.80. The minimum Gasteiger partial charge on any atom is -0.352 e. The van der Waals surface area contributed by atoms with Crippen LogP contribution in [0.5, 0.6) is 0 Å². The van der Waals surface area contributed by atoms with Gasteiger partial charge in [0.25, 0.3) is 0 Å². The van der Waals surface area contributed by atoms with Crippen molar-refractivity contribution in [2.75, 3.05) is 6.54 Å². The predicted molar refractivity (Wildman–Crippen MR) is 97.3 cm³/mol. The molecule has 6 nitrogen and oxygen atoms in total. The van der Waals surface area contributed by atoms with Crippen LogP contribution in [0.25, 0.3) is 11.7 Å². The number of nitrogens with zero attached hydrogens (tertiary/aromatic N) is 2. The van der Waals surface area contributed by atoms with Gasteiger partial charge in [0.15, 0.2) is 5.15 Å². The monoisotopic (exact) mass is 360 g/mol. The molecule has 25 heavy (non-hydrogen) atoms. The second kappa shape index (κ2) is 8.16. The van der Waals surface area contributed by atoms with Crippen molar-refractivity contribution in [1.82, 2.24) is 20.0 Å². The molecule has 2 aromatic rings. The van der Waals surface area contributed by atoms with Gasteiger partial charge in [0.1, 0.15) is 5.65 Å². The van der Waals surface area contributed by atoms with Crippen LogP contribution in [-0.2, 0) is 9.59 Å². The normalized spacial score (nSPS) is 15.6. The van der Waals surface area contributed by atoms with Crippen LogP contribution in [-0.4, -0.2) is 33.8 Å².